The molecule has 1 aliphatic carbocycles. The minimum Gasteiger partial charge on any atom is -0.294 e. The van der Waals surface area contributed by atoms with E-state index in [9.17, 15) is 9.59 Å². The second-order valence-corrected chi connectivity index (χ2v) is 6.97. The van der Waals surface area contributed by atoms with E-state index in [1.807, 2.05) is 24.3 Å². The minimum absolute atomic E-state index is 0.126. The molecule has 0 aliphatic heterocycles. The number of benzene rings is 2. The molecule has 0 aromatic heterocycles. The summed E-state index contributed by atoms with van der Waals surface area (Å²) < 4.78 is 0. The summed E-state index contributed by atoms with van der Waals surface area (Å²) in [5.74, 6) is 1.27. The predicted octanol–water partition coefficient (Wildman–Crippen LogP) is 5.34. The van der Waals surface area contributed by atoms with E-state index in [1.165, 1.54) is 5.56 Å². The molecule has 0 radical (unpaired) electrons. The Labute approximate surface area is 152 Å². The van der Waals surface area contributed by atoms with Gasteiger partial charge >= 0.3 is 0 Å². The highest BCUT2D eigenvalue weighted by atomic mass is 35.5. The molecule has 0 heterocycles. The average molecular weight is 363 g/mol. The van der Waals surface area contributed by atoms with Crippen LogP contribution in [0.2, 0.25) is 0 Å². The van der Waals surface area contributed by atoms with Crippen LogP contribution in [0.15, 0.2) is 24.3 Å². The lowest BCUT2D eigenvalue weighted by Crippen LogP contribution is -2.05. The first kappa shape index (κ1) is 17.4. The van der Waals surface area contributed by atoms with E-state index in [1.54, 1.807) is 0 Å². The molecule has 0 fully saturated rings. The van der Waals surface area contributed by atoms with E-state index < -0.39 is 0 Å². The van der Waals surface area contributed by atoms with Gasteiger partial charge in [-0.1, -0.05) is 24.3 Å². The van der Waals surface area contributed by atoms with E-state index in [4.69, 9.17) is 23.2 Å². The normalized spacial score (nSPS) is 12.8. The Kier molecular flexibility index (Phi) is 5.57. The van der Waals surface area contributed by atoms with E-state index in [0.717, 1.165) is 40.3 Å². The van der Waals surface area contributed by atoms with Gasteiger partial charge in [0.15, 0.2) is 11.6 Å². The molecule has 0 amide bonds. The van der Waals surface area contributed by atoms with Crippen LogP contribution in [-0.2, 0) is 12.8 Å². The molecule has 0 unspecified atom stereocenters. The van der Waals surface area contributed by atoms with Crippen LogP contribution < -0.4 is 0 Å². The molecule has 0 saturated heterocycles. The smallest absolute Gasteiger partial charge is 0.163 e. The van der Waals surface area contributed by atoms with Gasteiger partial charge in [0.25, 0.3) is 0 Å². The van der Waals surface area contributed by atoms with Crippen molar-refractivity contribution in [2.45, 2.75) is 38.5 Å². The Balaban J connectivity index is 2.05. The fourth-order valence-corrected chi connectivity index (χ4v) is 3.82. The molecule has 3 rings (SSSR count). The molecule has 126 valence electrons. The van der Waals surface area contributed by atoms with Gasteiger partial charge in [0, 0.05) is 35.7 Å². The van der Waals surface area contributed by atoms with Gasteiger partial charge in [0.05, 0.1) is 0 Å². The molecule has 1 aliphatic rings. The van der Waals surface area contributed by atoms with Gasteiger partial charge in [-0.3, -0.25) is 9.59 Å². The number of ketones is 2. The molecule has 2 nitrogen and oxygen atoms in total. The van der Waals surface area contributed by atoms with Crippen LogP contribution in [0.25, 0.3) is 10.8 Å². The molecule has 0 N–H and O–H groups in total. The lowest BCUT2D eigenvalue weighted by molar-refractivity contribution is 0.0975. The highest BCUT2D eigenvalue weighted by Gasteiger charge is 2.23. The molecule has 2 aromatic rings. The number of hydrogen-bond acceptors (Lipinski definition) is 2. The SMILES string of the molecule is O=C(CCCCl)c1ccc2c(C(=O)CCCCl)ccc3c2c1CC3. The zero-order chi connectivity index (χ0) is 17.1. The summed E-state index contributed by atoms with van der Waals surface area (Å²) in [6.07, 6.45) is 4.12. The highest BCUT2D eigenvalue weighted by Crippen LogP contribution is 2.36. The number of alkyl halides is 2. The third-order valence-electron chi connectivity index (χ3n) is 4.70. The number of aryl methyl sites for hydroxylation is 2. The van der Waals surface area contributed by atoms with Crippen LogP contribution in [0.5, 0.6) is 0 Å². The van der Waals surface area contributed by atoms with Gasteiger partial charge in [-0.25, -0.2) is 0 Å². The minimum atomic E-state index is 0.126. The average Bonchev–Trinajstić information content (AvgIpc) is 3.03. The topological polar surface area (TPSA) is 34.1 Å². The van der Waals surface area contributed by atoms with Crippen molar-refractivity contribution in [1.82, 2.24) is 0 Å². The highest BCUT2D eigenvalue weighted by molar-refractivity contribution is 6.18. The van der Waals surface area contributed by atoms with Crippen LogP contribution in [-0.4, -0.2) is 23.3 Å². The van der Waals surface area contributed by atoms with Crippen molar-refractivity contribution in [3.63, 3.8) is 0 Å². The summed E-state index contributed by atoms with van der Waals surface area (Å²) >= 11 is 11.4. The fourth-order valence-electron chi connectivity index (χ4n) is 3.55. The molecule has 0 saturated carbocycles. The van der Waals surface area contributed by atoms with E-state index in [2.05, 4.69) is 0 Å². The maximum atomic E-state index is 12.5. The second kappa shape index (κ2) is 7.67. The maximum Gasteiger partial charge on any atom is 0.163 e. The third kappa shape index (κ3) is 3.22. The monoisotopic (exact) mass is 362 g/mol. The Bertz CT molecular complexity index is 796. The number of carbonyl (C=O) groups is 2. The van der Waals surface area contributed by atoms with Crippen molar-refractivity contribution in [3.8, 4) is 0 Å². The summed E-state index contributed by atoms with van der Waals surface area (Å²) in [7, 11) is 0. The number of Topliss-reactive ketones (excluding diaryl/α,β-unsaturated/α-hetero) is 2. The zero-order valence-corrected chi connectivity index (χ0v) is 15.1. The van der Waals surface area contributed by atoms with Crippen LogP contribution in [0.3, 0.4) is 0 Å². The lowest BCUT2D eigenvalue weighted by Gasteiger charge is -2.11. The first-order chi connectivity index (χ1) is 11.7. The van der Waals surface area contributed by atoms with Gasteiger partial charge in [-0.2, -0.15) is 0 Å². The number of hydrogen-bond donors (Lipinski definition) is 0. The van der Waals surface area contributed by atoms with E-state index in [-0.39, 0.29) is 11.6 Å². The van der Waals surface area contributed by atoms with Gasteiger partial charge in [-0.15, -0.1) is 23.2 Å². The quantitative estimate of drug-likeness (QED) is 0.469. The predicted molar refractivity (Wildman–Crippen MR) is 99.9 cm³/mol. The van der Waals surface area contributed by atoms with Gasteiger partial charge < -0.3 is 0 Å². The fraction of sp³-hybridized carbons (Fsp3) is 0.400. The van der Waals surface area contributed by atoms with Gasteiger partial charge in [0.2, 0.25) is 0 Å². The largest absolute Gasteiger partial charge is 0.294 e. The molecule has 2 aromatic carbocycles. The molecule has 0 bridgehead atoms. The summed E-state index contributed by atoms with van der Waals surface area (Å²) in [6, 6.07) is 7.80. The van der Waals surface area contributed by atoms with Crippen molar-refractivity contribution in [1.29, 1.82) is 0 Å². The molecule has 0 atom stereocenters. The van der Waals surface area contributed by atoms with Gasteiger partial charge in [0.1, 0.15) is 0 Å². The molecular weight excluding hydrogens is 343 g/mol. The number of halogens is 2. The summed E-state index contributed by atoms with van der Waals surface area (Å²) in [4.78, 5) is 25.0. The van der Waals surface area contributed by atoms with Crippen molar-refractivity contribution in [2.75, 3.05) is 11.8 Å². The molecule has 0 spiro atoms. The summed E-state index contributed by atoms with van der Waals surface area (Å²) in [5.41, 5.74) is 3.90. The summed E-state index contributed by atoms with van der Waals surface area (Å²) in [5, 5.41) is 2.09. The molecule has 24 heavy (non-hydrogen) atoms. The van der Waals surface area contributed by atoms with E-state index in [0.29, 0.717) is 37.4 Å². The Morgan fingerprint density at radius 2 is 1.46 bits per heavy atom. The van der Waals surface area contributed by atoms with Crippen LogP contribution >= 0.6 is 23.2 Å². The number of rotatable bonds is 8. The van der Waals surface area contributed by atoms with Gasteiger partial charge in [-0.05, 0) is 47.6 Å². The molecule has 4 heteroatoms. The maximum absolute atomic E-state index is 12.5. The Morgan fingerprint density at radius 3 is 2.12 bits per heavy atom. The molecular formula is C20H20Cl2O2. The zero-order valence-electron chi connectivity index (χ0n) is 13.5. The van der Waals surface area contributed by atoms with Crippen molar-refractivity contribution in [3.05, 3.63) is 46.5 Å². The first-order valence-electron chi connectivity index (χ1n) is 8.43. The van der Waals surface area contributed by atoms with Crippen LogP contribution in [0.1, 0.15) is 57.5 Å². The Morgan fingerprint density at radius 1 is 0.833 bits per heavy atom. The third-order valence-corrected chi connectivity index (χ3v) is 5.23. The second-order valence-electron chi connectivity index (χ2n) is 6.22. The Hall–Kier alpha value is -1.38. The van der Waals surface area contributed by atoms with Crippen molar-refractivity contribution in [2.24, 2.45) is 0 Å². The number of carbonyl (C=O) groups excluding carboxylic acids is 2. The van der Waals surface area contributed by atoms with Crippen LogP contribution in [0, 0.1) is 0 Å². The lowest BCUT2D eigenvalue weighted by atomic mass is 9.92. The standard InChI is InChI=1S/C20H20Cl2O2/c21-11-1-3-18(23)14-7-5-13-6-8-16-15(19(24)4-2-12-22)9-10-17(14)20(13)16/h5,7,9-10H,1-4,6,8,11-12H2. The summed E-state index contributed by atoms with van der Waals surface area (Å²) in [6.45, 7) is 0. The van der Waals surface area contributed by atoms with Crippen molar-refractivity contribution >= 4 is 45.5 Å². The van der Waals surface area contributed by atoms with Crippen LogP contribution in [0.4, 0.5) is 0 Å². The van der Waals surface area contributed by atoms with Crippen molar-refractivity contribution < 1.29 is 9.59 Å². The van der Waals surface area contributed by atoms with E-state index >= 15 is 0 Å². The first-order valence-corrected chi connectivity index (χ1v) is 9.50.